The zero-order valence-corrected chi connectivity index (χ0v) is 15.3. The monoisotopic (exact) mass is 322 g/mol. The zero-order chi connectivity index (χ0) is 16.9. The molecule has 0 aromatic carbocycles. The topological polar surface area (TPSA) is 61.6 Å². The number of nitrogens with one attached hydrogen (secondary N) is 1. The van der Waals surface area contributed by atoms with Gasteiger partial charge in [-0.2, -0.15) is 0 Å². The maximum atomic E-state index is 12.2. The highest BCUT2D eigenvalue weighted by atomic mass is 16.2. The highest BCUT2D eigenvalue weighted by Crippen LogP contribution is 2.58. The molecule has 1 aliphatic heterocycles. The van der Waals surface area contributed by atoms with E-state index >= 15 is 0 Å². The van der Waals surface area contributed by atoms with Gasteiger partial charge >= 0.3 is 6.03 Å². The molecule has 132 valence electrons. The van der Waals surface area contributed by atoms with E-state index in [2.05, 4.69) is 31.2 Å². The molecule has 2 aliphatic carbocycles. The largest absolute Gasteiger partial charge is 0.330 e. The lowest BCUT2D eigenvalue weighted by molar-refractivity contribution is -0.172. The van der Waals surface area contributed by atoms with Gasteiger partial charge < -0.3 is 20.9 Å². The van der Waals surface area contributed by atoms with E-state index in [0.717, 1.165) is 13.0 Å². The molecule has 23 heavy (non-hydrogen) atoms. The molecule has 3 atom stereocenters. The number of hydrogen-bond donors (Lipinski definition) is 2. The maximum absolute atomic E-state index is 12.2. The molecular formula is C18H34N4O. The summed E-state index contributed by atoms with van der Waals surface area (Å²) in [4.78, 5) is 16.5. The summed E-state index contributed by atoms with van der Waals surface area (Å²) < 4.78 is 0. The first-order chi connectivity index (χ1) is 10.8. The summed E-state index contributed by atoms with van der Waals surface area (Å²) in [6.07, 6.45) is 9.81. The summed E-state index contributed by atoms with van der Waals surface area (Å²) in [7, 11) is 6.28. The summed E-state index contributed by atoms with van der Waals surface area (Å²) >= 11 is 0. The summed E-state index contributed by atoms with van der Waals surface area (Å²) in [6.45, 7) is 3.06. The molecule has 2 saturated carbocycles. The molecule has 3 N–H and O–H groups in total. The molecule has 0 bridgehead atoms. The van der Waals surface area contributed by atoms with Gasteiger partial charge in [0.2, 0.25) is 0 Å². The van der Waals surface area contributed by atoms with Crippen molar-refractivity contribution < 1.29 is 4.79 Å². The fourth-order valence-electron chi connectivity index (χ4n) is 5.94. The van der Waals surface area contributed by atoms with Crippen LogP contribution in [0.15, 0.2) is 0 Å². The lowest BCUT2D eigenvalue weighted by Crippen LogP contribution is -2.89. The number of urea groups is 1. The SMILES string of the molecule is CN(C)[C@]1(C)CCC[C@@H](C2(CN)CCCCC2)[C@]12NC(=O)N2C. The van der Waals surface area contributed by atoms with Crippen LogP contribution in [0.25, 0.3) is 0 Å². The van der Waals surface area contributed by atoms with E-state index in [1.54, 1.807) is 0 Å². The standard InChI is InChI=1S/C18H34N4O/c1-16(21(2)3)10-8-9-14(18(16)20-15(23)22(18)4)17(13-19)11-6-5-7-12-17/h14H,5-13,19H2,1-4H3,(H,20,23)/t14-,16+,18+/m0/s1. The molecule has 5 heteroatoms. The lowest BCUT2D eigenvalue weighted by atomic mass is 9.52. The van der Waals surface area contributed by atoms with E-state index in [1.807, 2.05) is 11.9 Å². The smallest absolute Gasteiger partial charge is 0.320 e. The highest BCUT2D eigenvalue weighted by Gasteiger charge is 2.69. The van der Waals surface area contributed by atoms with Crippen LogP contribution >= 0.6 is 0 Å². The van der Waals surface area contributed by atoms with Gasteiger partial charge in [-0.15, -0.1) is 0 Å². The van der Waals surface area contributed by atoms with Crippen LogP contribution in [0.3, 0.4) is 0 Å². The van der Waals surface area contributed by atoms with Gasteiger partial charge in [-0.25, -0.2) is 4.79 Å². The van der Waals surface area contributed by atoms with Crippen molar-refractivity contribution in [2.45, 2.75) is 69.5 Å². The molecular weight excluding hydrogens is 288 g/mol. The number of likely N-dealkylation sites (N-methyl/N-ethyl adjacent to an activating group) is 2. The van der Waals surface area contributed by atoms with Crippen LogP contribution in [-0.2, 0) is 0 Å². The van der Waals surface area contributed by atoms with E-state index in [1.165, 1.54) is 44.9 Å². The normalized spacial score (nSPS) is 40.2. The number of carbonyl (C=O) groups is 1. The van der Waals surface area contributed by atoms with Gasteiger partial charge in [-0.05, 0) is 58.7 Å². The molecule has 0 aromatic rings. The Kier molecular flexibility index (Phi) is 4.16. The quantitative estimate of drug-likeness (QED) is 0.838. The van der Waals surface area contributed by atoms with Gasteiger partial charge in [0.1, 0.15) is 5.66 Å². The number of carbonyl (C=O) groups excluding carboxylic acids is 1. The van der Waals surface area contributed by atoms with Gasteiger partial charge in [0.15, 0.2) is 0 Å². The Balaban J connectivity index is 2.06. The van der Waals surface area contributed by atoms with Gasteiger partial charge in [0.05, 0.1) is 5.54 Å². The highest BCUT2D eigenvalue weighted by molar-refractivity contribution is 5.83. The first kappa shape index (κ1) is 17.0. The van der Waals surface area contributed by atoms with Crippen molar-refractivity contribution in [2.75, 3.05) is 27.7 Å². The van der Waals surface area contributed by atoms with Crippen molar-refractivity contribution in [1.29, 1.82) is 0 Å². The Labute approximate surface area is 140 Å². The van der Waals surface area contributed by atoms with Crippen molar-refractivity contribution >= 4 is 6.03 Å². The van der Waals surface area contributed by atoms with Crippen molar-refractivity contribution in [1.82, 2.24) is 15.1 Å². The van der Waals surface area contributed by atoms with E-state index in [9.17, 15) is 4.79 Å². The van der Waals surface area contributed by atoms with E-state index in [0.29, 0.717) is 5.92 Å². The van der Waals surface area contributed by atoms with E-state index in [-0.39, 0.29) is 22.6 Å². The average Bonchev–Trinajstić information content (AvgIpc) is 2.56. The predicted octanol–water partition coefficient (Wildman–Crippen LogP) is 2.37. The fourth-order valence-corrected chi connectivity index (χ4v) is 5.94. The minimum absolute atomic E-state index is 0.0573. The molecule has 3 fully saturated rings. The van der Waals surface area contributed by atoms with Gasteiger partial charge in [-0.3, -0.25) is 0 Å². The molecule has 1 heterocycles. The molecule has 3 aliphatic rings. The molecule has 0 radical (unpaired) electrons. The molecule has 2 amide bonds. The summed E-state index contributed by atoms with van der Waals surface area (Å²) in [5.41, 5.74) is 6.21. The summed E-state index contributed by atoms with van der Waals surface area (Å²) in [5.74, 6) is 0.434. The van der Waals surface area contributed by atoms with Crippen LogP contribution in [0.5, 0.6) is 0 Å². The number of amides is 2. The van der Waals surface area contributed by atoms with Crippen LogP contribution < -0.4 is 11.1 Å². The second-order valence-electron chi connectivity index (χ2n) is 8.50. The van der Waals surface area contributed by atoms with Crippen LogP contribution in [0.2, 0.25) is 0 Å². The van der Waals surface area contributed by atoms with E-state index < -0.39 is 0 Å². The number of nitrogens with zero attached hydrogens (tertiary/aromatic N) is 2. The minimum atomic E-state index is -0.275. The zero-order valence-electron chi connectivity index (χ0n) is 15.3. The number of hydrogen-bond acceptors (Lipinski definition) is 3. The number of rotatable bonds is 3. The third-order valence-corrected chi connectivity index (χ3v) is 7.60. The van der Waals surface area contributed by atoms with Gasteiger partial charge in [0.25, 0.3) is 0 Å². The average molecular weight is 322 g/mol. The molecule has 1 saturated heterocycles. The van der Waals surface area contributed by atoms with Crippen molar-refractivity contribution in [3.05, 3.63) is 0 Å². The molecule has 0 unspecified atom stereocenters. The first-order valence-electron chi connectivity index (χ1n) is 9.27. The Morgan fingerprint density at radius 1 is 1.22 bits per heavy atom. The minimum Gasteiger partial charge on any atom is -0.330 e. The Bertz CT molecular complexity index is 474. The van der Waals surface area contributed by atoms with E-state index in [4.69, 9.17) is 5.73 Å². The van der Waals surface area contributed by atoms with Crippen molar-refractivity contribution in [3.63, 3.8) is 0 Å². The third kappa shape index (κ3) is 2.08. The third-order valence-electron chi connectivity index (χ3n) is 7.60. The predicted molar refractivity (Wildman–Crippen MR) is 93.0 cm³/mol. The van der Waals surface area contributed by atoms with Crippen molar-refractivity contribution in [2.24, 2.45) is 17.1 Å². The fraction of sp³-hybridized carbons (Fsp3) is 0.944. The number of nitrogens with two attached hydrogens (primary N) is 1. The van der Waals surface area contributed by atoms with Crippen LogP contribution in [-0.4, -0.2) is 54.7 Å². The van der Waals surface area contributed by atoms with Crippen molar-refractivity contribution in [3.8, 4) is 0 Å². The molecule has 1 spiro atoms. The second-order valence-corrected chi connectivity index (χ2v) is 8.50. The summed E-state index contributed by atoms with van der Waals surface area (Å²) in [5, 5.41) is 3.38. The Morgan fingerprint density at radius 2 is 1.87 bits per heavy atom. The Morgan fingerprint density at radius 3 is 2.35 bits per heavy atom. The van der Waals surface area contributed by atoms with Crippen LogP contribution in [0, 0.1) is 11.3 Å². The Hall–Kier alpha value is -0.810. The maximum Gasteiger partial charge on any atom is 0.320 e. The summed E-state index contributed by atoms with van der Waals surface area (Å²) in [6, 6.07) is 0.0629. The van der Waals surface area contributed by atoms with Gasteiger partial charge in [0, 0.05) is 13.0 Å². The second kappa shape index (κ2) is 5.62. The molecule has 3 rings (SSSR count). The molecule has 5 nitrogen and oxygen atoms in total. The molecule has 0 aromatic heterocycles. The first-order valence-corrected chi connectivity index (χ1v) is 9.27. The van der Waals surface area contributed by atoms with Gasteiger partial charge in [-0.1, -0.05) is 25.7 Å². The van der Waals surface area contributed by atoms with Crippen LogP contribution in [0.4, 0.5) is 4.79 Å². The van der Waals surface area contributed by atoms with Crippen LogP contribution in [0.1, 0.15) is 58.3 Å². The lowest BCUT2D eigenvalue weighted by Gasteiger charge is -2.70.